The Hall–Kier alpha value is -3.06. The molecule has 1 aromatic carbocycles. The zero-order valence-corrected chi connectivity index (χ0v) is 17.0. The molecule has 7 heteroatoms. The van der Waals surface area contributed by atoms with Crippen molar-refractivity contribution < 1.29 is 9.90 Å². The molecule has 0 spiro atoms. The number of hydrogen-bond acceptors (Lipinski definition) is 5. The van der Waals surface area contributed by atoms with Gasteiger partial charge in [-0.15, -0.1) is 0 Å². The van der Waals surface area contributed by atoms with Crippen molar-refractivity contribution in [3.63, 3.8) is 0 Å². The fourth-order valence-corrected chi connectivity index (χ4v) is 4.05. The van der Waals surface area contributed by atoms with Crippen LogP contribution in [0.5, 0.6) is 0 Å². The highest BCUT2D eigenvalue weighted by atomic mass is 16.3. The predicted molar refractivity (Wildman–Crippen MR) is 113 cm³/mol. The van der Waals surface area contributed by atoms with Crippen LogP contribution in [0, 0.1) is 0 Å². The number of aliphatic hydroxyl groups is 1. The van der Waals surface area contributed by atoms with Gasteiger partial charge < -0.3 is 10.4 Å². The molecule has 0 saturated heterocycles. The standard InChI is InChI=1S/C23H25N5O2/c1-2-17(29)12-24-22(30)19-13-26-28(21(19)15-8-9-15)23-25-11-16-10-7-14-5-3-4-6-18(14)20(16)27-23/h3-6,11,13,15,17,29H,2,7-10,12H2,1H3,(H,24,30)/t17-/m1/s1. The van der Waals surface area contributed by atoms with E-state index in [0.717, 1.165) is 48.2 Å². The molecule has 0 aliphatic heterocycles. The molecule has 1 amide bonds. The molecule has 7 nitrogen and oxygen atoms in total. The lowest BCUT2D eigenvalue weighted by molar-refractivity contribution is 0.0913. The van der Waals surface area contributed by atoms with Gasteiger partial charge in [-0.25, -0.2) is 14.6 Å². The van der Waals surface area contributed by atoms with Gasteiger partial charge in [0.2, 0.25) is 0 Å². The highest BCUT2D eigenvalue weighted by molar-refractivity contribution is 5.95. The summed E-state index contributed by atoms with van der Waals surface area (Å²) in [5.74, 6) is 0.579. The fraction of sp³-hybridized carbons (Fsp3) is 0.391. The number of rotatable bonds is 6. The topological polar surface area (TPSA) is 92.9 Å². The van der Waals surface area contributed by atoms with Crippen molar-refractivity contribution in [2.45, 2.75) is 51.0 Å². The molecule has 2 N–H and O–H groups in total. The number of aromatic nitrogens is 4. The lowest BCUT2D eigenvalue weighted by atomic mass is 9.90. The monoisotopic (exact) mass is 403 g/mol. The van der Waals surface area contributed by atoms with Gasteiger partial charge in [-0.2, -0.15) is 5.10 Å². The molecule has 2 aliphatic carbocycles. The second kappa shape index (κ2) is 7.65. The van der Waals surface area contributed by atoms with E-state index in [1.165, 1.54) is 5.56 Å². The van der Waals surface area contributed by atoms with E-state index in [1.807, 2.05) is 19.2 Å². The quantitative estimate of drug-likeness (QED) is 0.660. The van der Waals surface area contributed by atoms with E-state index in [4.69, 9.17) is 4.98 Å². The second-order valence-corrected chi connectivity index (χ2v) is 8.10. The Kier molecular flexibility index (Phi) is 4.83. The van der Waals surface area contributed by atoms with Crippen LogP contribution in [0.25, 0.3) is 17.2 Å². The summed E-state index contributed by atoms with van der Waals surface area (Å²) >= 11 is 0. The molecule has 0 bridgehead atoms. The van der Waals surface area contributed by atoms with Crippen molar-refractivity contribution in [1.29, 1.82) is 0 Å². The summed E-state index contributed by atoms with van der Waals surface area (Å²) < 4.78 is 1.72. The summed E-state index contributed by atoms with van der Waals surface area (Å²) in [6.07, 6.45) is 7.51. The number of amides is 1. The Bertz CT molecular complexity index is 1100. The van der Waals surface area contributed by atoms with Crippen molar-refractivity contribution >= 4 is 5.91 Å². The third kappa shape index (κ3) is 3.39. The maximum atomic E-state index is 12.7. The van der Waals surface area contributed by atoms with Crippen LogP contribution >= 0.6 is 0 Å². The van der Waals surface area contributed by atoms with Crippen LogP contribution in [-0.2, 0) is 12.8 Å². The molecular formula is C23H25N5O2. The Morgan fingerprint density at radius 1 is 1.23 bits per heavy atom. The van der Waals surface area contributed by atoms with Crippen molar-refractivity contribution in [2.24, 2.45) is 0 Å². The third-order valence-electron chi connectivity index (χ3n) is 5.96. The summed E-state index contributed by atoms with van der Waals surface area (Å²) in [6, 6.07) is 8.35. The minimum Gasteiger partial charge on any atom is -0.391 e. The third-order valence-corrected chi connectivity index (χ3v) is 5.96. The molecule has 0 unspecified atom stereocenters. The van der Waals surface area contributed by atoms with E-state index in [2.05, 4.69) is 33.6 Å². The number of hydrogen-bond donors (Lipinski definition) is 2. The Morgan fingerprint density at radius 3 is 2.83 bits per heavy atom. The average molecular weight is 403 g/mol. The molecule has 154 valence electrons. The highest BCUT2D eigenvalue weighted by Gasteiger charge is 2.34. The normalized spacial score (nSPS) is 15.9. The zero-order chi connectivity index (χ0) is 20.7. The molecule has 2 aliphatic rings. The van der Waals surface area contributed by atoms with Crippen LogP contribution < -0.4 is 5.32 Å². The largest absolute Gasteiger partial charge is 0.391 e. The van der Waals surface area contributed by atoms with Gasteiger partial charge in [-0.3, -0.25) is 4.79 Å². The van der Waals surface area contributed by atoms with Gasteiger partial charge in [-0.05, 0) is 43.2 Å². The van der Waals surface area contributed by atoms with E-state index >= 15 is 0 Å². The van der Waals surface area contributed by atoms with E-state index in [-0.39, 0.29) is 18.4 Å². The molecule has 1 atom stereocenters. The van der Waals surface area contributed by atoms with Gasteiger partial charge in [0, 0.05) is 24.2 Å². The van der Waals surface area contributed by atoms with Crippen LogP contribution in [0.3, 0.4) is 0 Å². The van der Waals surface area contributed by atoms with Gasteiger partial charge in [0.1, 0.15) is 0 Å². The number of fused-ring (bicyclic) bond motifs is 3. The number of aryl methyl sites for hydroxylation is 2. The second-order valence-electron chi connectivity index (χ2n) is 8.10. The van der Waals surface area contributed by atoms with E-state index in [0.29, 0.717) is 17.9 Å². The summed E-state index contributed by atoms with van der Waals surface area (Å²) in [7, 11) is 0. The van der Waals surface area contributed by atoms with Crippen LogP contribution in [-0.4, -0.2) is 43.4 Å². The van der Waals surface area contributed by atoms with Crippen LogP contribution in [0.2, 0.25) is 0 Å². The van der Waals surface area contributed by atoms with Crippen LogP contribution in [0.4, 0.5) is 0 Å². The minimum atomic E-state index is -0.544. The summed E-state index contributed by atoms with van der Waals surface area (Å²) in [5, 5.41) is 17.1. The summed E-state index contributed by atoms with van der Waals surface area (Å²) in [6.45, 7) is 2.12. The Labute approximate surface area is 175 Å². The first-order valence-corrected chi connectivity index (χ1v) is 10.6. The highest BCUT2D eigenvalue weighted by Crippen LogP contribution is 2.42. The fourth-order valence-electron chi connectivity index (χ4n) is 4.05. The molecular weight excluding hydrogens is 378 g/mol. The van der Waals surface area contributed by atoms with Gasteiger partial charge in [0.15, 0.2) is 0 Å². The lowest BCUT2D eigenvalue weighted by Gasteiger charge is -2.19. The van der Waals surface area contributed by atoms with E-state index in [1.54, 1.807) is 10.9 Å². The predicted octanol–water partition coefficient (Wildman–Crippen LogP) is 2.81. The number of nitrogens with zero attached hydrogens (tertiary/aromatic N) is 4. The van der Waals surface area contributed by atoms with Crippen LogP contribution in [0.1, 0.15) is 59.3 Å². The maximum Gasteiger partial charge on any atom is 0.254 e. The van der Waals surface area contributed by atoms with Gasteiger partial charge in [0.25, 0.3) is 11.9 Å². The number of aliphatic hydroxyl groups excluding tert-OH is 1. The lowest BCUT2D eigenvalue weighted by Crippen LogP contribution is -2.32. The summed E-state index contributed by atoms with van der Waals surface area (Å²) in [4.78, 5) is 22.2. The molecule has 3 aromatic rings. The zero-order valence-electron chi connectivity index (χ0n) is 17.0. The van der Waals surface area contributed by atoms with Crippen LogP contribution in [0.15, 0.2) is 36.7 Å². The molecule has 1 saturated carbocycles. The van der Waals surface area contributed by atoms with Gasteiger partial charge in [0.05, 0.1) is 29.3 Å². The molecule has 0 radical (unpaired) electrons. The first kappa shape index (κ1) is 18.9. The van der Waals surface area contributed by atoms with E-state index in [9.17, 15) is 9.90 Å². The van der Waals surface area contributed by atoms with Crippen molar-refractivity contribution in [1.82, 2.24) is 25.1 Å². The Morgan fingerprint density at radius 2 is 2.03 bits per heavy atom. The summed E-state index contributed by atoms with van der Waals surface area (Å²) in [5.41, 5.74) is 5.95. The smallest absolute Gasteiger partial charge is 0.254 e. The van der Waals surface area contributed by atoms with Gasteiger partial charge in [-0.1, -0.05) is 31.2 Å². The molecule has 5 rings (SSSR count). The first-order valence-electron chi connectivity index (χ1n) is 10.6. The number of nitrogens with one attached hydrogen (secondary N) is 1. The molecule has 2 heterocycles. The molecule has 2 aromatic heterocycles. The average Bonchev–Trinajstić information content (AvgIpc) is 3.54. The maximum absolute atomic E-state index is 12.7. The number of carbonyl (C=O) groups excluding carboxylic acids is 1. The number of carbonyl (C=O) groups is 1. The Balaban J connectivity index is 1.51. The number of benzene rings is 1. The molecule has 30 heavy (non-hydrogen) atoms. The molecule has 1 fully saturated rings. The van der Waals surface area contributed by atoms with Gasteiger partial charge >= 0.3 is 0 Å². The van der Waals surface area contributed by atoms with Crippen molar-refractivity contribution in [3.8, 4) is 17.2 Å². The van der Waals surface area contributed by atoms with Crippen molar-refractivity contribution in [3.05, 3.63) is 59.0 Å². The van der Waals surface area contributed by atoms with E-state index < -0.39 is 6.10 Å². The van der Waals surface area contributed by atoms with Crippen molar-refractivity contribution in [2.75, 3.05) is 6.54 Å². The SMILES string of the molecule is CC[C@@H](O)CNC(=O)c1cnn(-c2ncc3c(n2)-c2ccccc2CC3)c1C1CC1. The first-order chi connectivity index (χ1) is 14.7. The minimum absolute atomic E-state index is 0.209.